The van der Waals surface area contributed by atoms with Gasteiger partial charge in [-0.3, -0.25) is 0 Å². The van der Waals surface area contributed by atoms with E-state index >= 15 is 0 Å². The Kier molecular flexibility index (Phi) is 2.46. The summed E-state index contributed by atoms with van der Waals surface area (Å²) in [7, 11) is 0. The summed E-state index contributed by atoms with van der Waals surface area (Å²) in [6.45, 7) is 4.26. The molecule has 0 aromatic carbocycles. The molecule has 0 aliphatic rings. The molecule has 74 valence electrons. The van der Waals surface area contributed by atoms with Crippen LogP contribution >= 0.6 is 11.8 Å². The van der Waals surface area contributed by atoms with Gasteiger partial charge in [-0.1, -0.05) is 13.8 Å². The average Bonchev–Trinajstić information content (AvgIpc) is 2.60. The van der Waals surface area contributed by atoms with Crippen molar-refractivity contribution in [2.75, 3.05) is 6.26 Å². The van der Waals surface area contributed by atoms with E-state index in [1.165, 1.54) is 0 Å². The van der Waals surface area contributed by atoms with Gasteiger partial charge in [0, 0.05) is 12.1 Å². The molecule has 0 aliphatic carbocycles. The second-order valence-electron chi connectivity index (χ2n) is 3.49. The van der Waals surface area contributed by atoms with Crippen molar-refractivity contribution >= 4 is 22.8 Å². The van der Waals surface area contributed by atoms with Crippen molar-refractivity contribution in [1.82, 2.24) is 15.0 Å². The van der Waals surface area contributed by atoms with Crippen LogP contribution in [-0.4, -0.2) is 21.2 Å². The van der Waals surface area contributed by atoms with Gasteiger partial charge >= 0.3 is 0 Å². The largest absolute Gasteiger partial charge is 0.342 e. The molecule has 0 bridgehead atoms. The highest BCUT2D eigenvalue weighted by Gasteiger charge is 2.09. The maximum absolute atomic E-state index is 4.54. The minimum absolute atomic E-state index is 0.428. The minimum atomic E-state index is 0.428. The number of nitrogens with zero attached hydrogens (tertiary/aromatic N) is 2. The van der Waals surface area contributed by atoms with Gasteiger partial charge in [-0.15, -0.1) is 11.8 Å². The highest BCUT2D eigenvalue weighted by Crippen LogP contribution is 2.23. The Labute approximate surface area is 87.3 Å². The summed E-state index contributed by atoms with van der Waals surface area (Å²) in [6, 6.07) is 1.97. The zero-order chi connectivity index (χ0) is 10.1. The van der Waals surface area contributed by atoms with E-state index in [-0.39, 0.29) is 0 Å². The summed E-state index contributed by atoms with van der Waals surface area (Å²) in [5.74, 6) is 1.46. The van der Waals surface area contributed by atoms with Crippen LogP contribution in [0.4, 0.5) is 0 Å². The molecule has 0 unspecified atom stereocenters. The predicted molar refractivity (Wildman–Crippen MR) is 59.8 cm³/mol. The van der Waals surface area contributed by atoms with Crippen LogP contribution in [0.2, 0.25) is 0 Å². The van der Waals surface area contributed by atoms with Gasteiger partial charge in [-0.2, -0.15) is 0 Å². The Morgan fingerprint density at radius 2 is 2.21 bits per heavy atom. The quantitative estimate of drug-likeness (QED) is 0.770. The van der Waals surface area contributed by atoms with Crippen molar-refractivity contribution in [1.29, 1.82) is 0 Å². The molecule has 0 amide bonds. The first-order valence-electron chi connectivity index (χ1n) is 4.61. The summed E-state index contributed by atoms with van der Waals surface area (Å²) >= 11 is 1.63. The topological polar surface area (TPSA) is 41.6 Å². The maximum Gasteiger partial charge on any atom is 0.124 e. The monoisotopic (exact) mass is 207 g/mol. The Bertz CT molecular complexity index is 448. The Balaban J connectivity index is 2.64. The Morgan fingerprint density at radius 1 is 1.43 bits per heavy atom. The van der Waals surface area contributed by atoms with Gasteiger partial charge in [-0.05, 0) is 12.3 Å². The smallest absolute Gasteiger partial charge is 0.124 e. The van der Waals surface area contributed by atoms with Gasteiger partial charge in [0.2, 0.25) is 0 Å². The predicted octanol–water partition coefficient (Wildman–Crippen LogP) is 2.80. The number of imidazole rings is 1. The standard InChI is InChI=1S/C10H13N3S/c1-6(2)9-12-7-4-5-11-10(14-3)8(7)13-9/h4-6H,1-3H3,(H,12,13). The molecule has 2 rings (SSSR count). The van der Waals surface area contributed by atoms with Crippen LogP contribution < -0.4 is 0 Å². The van der Waals surface area contributed by atoms with Gasteiger partial charge < -0.3 is 4.98 Å². The summed E-state index contributed by atoms with van der Waals surface area (Å²) in [4.78, 5) is 12.1. The van der Waals surface area contributed by atoms with Crippen LogP contribution in [-0.2, 0) is 0 Å². The lowest BCUT2D eigenvalue weighted by atomic mass is 10.2. The maximum atomic E-state index is 4.54. The van der Waals surface area contributed by atoms with Gasteiger partial charge in [0.1, 0.15) is 16.4 Å². The first-order chi connectivity index (χ1) is 6.72. The first kappa shape index (κ1) is 9.52. The van der Waals surface area contributed by atoms with Crippen LogP contribution in [0.5, 0.6) is 0 Å². The number of aromatic amines is 1. The number of H-pyrrole nitrogens is 1. The molecule has 2 aromatic heterocycles. The van der Waals surface area contributed by atoms with Gasteiger partial charge in [0.25, 0.3) is 0 Å². The number of hydrogen-bond acceptors (Lipinski definition) is 3. The van der Waals surface area contributed by atoms with Crippen molar-refractivity contribution < 1.29 is 0 Å². The van der Waals surface area contributed by atoms with E-state index in [0.29, 0.717) is 5.92 Å². The molecule has 0 saturated carbocycles. The number of nitrogens with one attached hydrogen (secondary N) is 1. The Hall–Kier alpha value is -1.03. The lowest BCUT2D eigenvalue weighted by Crippen LogP contribution is -1.88. The molecule has 4 heteroatoms. The molecular weight excluding hydrogens is 194 g/mol. The van der Waals surface area contributed by atoms with Gasteiger partial charge in [0.05, 0.1) is 5.52 Å². The summed E-state index contributed by atoms with van der Waals surface area (Å²) < 4.78 is 0. The fourth-order valence-corrected chi connectivity index (χ4v) is 1.87. The SMILES string of the molecule is CSc1nccc2[nH]c(C(C)C)nc12. The molecule has 0 saturated heterocycles. The summed E-state index contributed by atoms with van der Waals surface area (Å²) in [5, 5.41) is 0.991. The molecule has 0 aliphatic heterocycles. The summed E-state index contributed by atoms with van der Waals surface area (Å²) in [5.41, 5.74) is 2.07. The highest BCUT2D eigenvalue weighted by molar-refractivity contribution is 7.98. The van der Waals surface area contributed by atoms with Crippen molar-refractivity contribution in [3.8, 4) is 0 Å². The molecule has 0 radical (unpaired) electrons. The molecular formula is C10H13N3S. The van der Waals surface area contributed by atoms with E-state index < -0.39 is 0 Å². The van der Waals surface area contributed by atoms with E-state index in [9.17, 15) is 0 Å². The third-order valence-electron chi connectivity index (χ3n) is 2.13. The molecule has 0 atom stereocenters. The fourth-order valence-electron chi connectivity index (χ4n) is 1.35. The Morgan fingerprint density at radius 3 is 2.86 bits per heavy atom. The number of hydrogen-bond donors (Lipinski definition) is 1. The second-order valence-corrected chi connectivity index (χ2v) is 4.29. The van der Waals surface area contributed by atoms with E-state index in [2.05, 4.69) is 28.8 Å². The normalized spacial score (nSPS) is 11.4. The lowest BCUT2D eigenvalue weighted by molar-refractivity contribution is 0.798. The molecule has 3 nitrogen and oxygen atoms in total. The fraction of sp³-hybridized carbons (Fsp3) is 0.400. The molecule has 0 fully saturated rings. The number of thioether (sulfide) groups is 1. The van der Waals surface area contributed by atoms with Crippen LogP contribution in [0.25, 0.3) is 11.0 Å². The van der Waals surface area contributed by atoms with E-state index in [1.54, 1.807) is 11.8 Å². The van der Waals surface area contributed by atoms with Gasteiger partial charge in [0.15, 0.2) is 0 Å². The minimum Gasteiger partial charge on any atom is -0.342 e. The molecule has 2 aromatic rings. The molecule has 0 spiro atoms. The van der Waals surface area contributed by atoms with E-state index in [0.717, 1.165) is 21.9 Å². The first-order valence-corrected chi connectivity index (χ1v) is 5.83. The van der Waals surface area contributed by atoms with Crippen LogP contribution in [0.1, 0.15) is 25.6 Å². The number of fused-ring (bicyclic) bond motifs is 1. The zero-order valence-electron chi connectivity index (χ0n) is 8.53. The van der Waals surface area contributed by atoms with Crippen LogP contribution in [0, 0.1) is 0 Å². The second kappa shape index (κ2) is 3.61. The van der Waals surface area contributed by atoms with E-state index in [1.807, 2.05) is 18.5 Å². The van der Waals surface area contributed by atoms with E-state index in [4.69, 9.17) is 0 Å². The van der Waals surface area contributed by atoms with Crippen molar-refractivity contribution in [2.24, 2.45) is 0 Å². The molecule has 1 N–H and O–H groups in total. The van der Waals surface area contributed by atoms with Crippen molar-refractivity contribution in [2.45, 2.75) is 24.8 Å². The molecule has 14 heavy (non-hydrogen) atoms. The highest BCUT2D eigenvalue weighted by atomic mass is 32.2. The van der Waals surface area contributed by atoms with Gasteiger partial charge in [-0.25, -0.2) is 9.97 Å². The average molecular weight is 207 g/mol. The zero-order valence-corrected chi connectivity index (χ0v) is 9.35. The third-order valence-corrected chi connectivity index (χ3v) is 2.81. The summed E-state index contributed by atoms with van der Waals surface area (Å²) in [6.07, 6.45) is 3.84. The number of rotatable bonds is 2. The van der Waals surface area contributed by atoms with Crippen LogP contribution in [0.3, 0.4) is 0 Å². The lowest BCUT2D eigenvalue weighted by Gasteiger charge is -1.95. The van der Waals surface area contributed by atoms with Crippen molar-refractivity contribution in [3.63, 3.8) is 0 Å². The number of pyridine rings is 1. The van der Waals surface area contributed by atoms with Crippen molar-refractivity contribution in [3.05, 3.63) is 18.1 Å². The molecule has 2 heterocycles. The third kappa shape index (κ3) is 1.50. The number of aromatic nitrogens is 3. The van der Waals surface area contributed by atoms with Crippen LogP contribution in [0.15, 0.2) is 17.3 Å².